The predicted octanol–water partition coefficient (Wildman–Crippen LogP) is 3.53. The van der Waals surface area contributed by atoms with Crippen LogP contribution in [0.15, 0.2) is 42.7 Å². The van der Waals surface area contributed by atoms with E-state index in [4.69, 9.17) is 16.6 Å². The van der Waals surface area contributed by atoms with Crippen LogP contribution in [0.3, 0.4) is 0 Å². The largest absolute Gasteiger partial charge is 0.356 e. The average molecular weight is 313 g/mol. The Morgan fingerprint density at radius 2 is 2.09 bits per heavy atom. The van der Waals surface area contributed by atoms with Crippen LogP contribution in [-0.2, 0) is 6.54 Å². The minimum absolute atomic E-state index is 0.663. The molecule has 0 N–H and O–H groups in total. The Bertz CT molecular complexity index is 820. The Morgan fingerprint density at radius 3 is 2.86 bits per heavy atom. The fraction of sp³-hybridized carbons (Fsp3) is 0.294. The smallest absolute Gasteiger partial charge is 0.129 e. The van der Waals surface area contributed by atoms with Crippen molar-refractivity contribution in [1.29, 1.82) is 0 Å². The third-order valence-electron chi connectivity index (χ3n) is 4.30. The molecule has 22 heavy (non-hydrogen) atoms. The summed E-state index contributed by atoms with van der Waals surface area (Å²) >= 11 is 6.01. The molecule has 4 rings (SSSR count). The molecular formula is C17H17ClN4. The maximum Gasteiger partial charge on any atom is 0.129 e. The van der Waals surface area contributed by atoms with Gasteiger partial charge in [0.05, 0.1) is 5.52 Å². The highest BCUT2D eigenvalue weighted by molar-refractivity contribution is 6.31. The van der Waals surface area contributed by atoms with Crippen molar-refractivity contribution in [2.45, 2.75) is 13.5 Å². The summed E-state index contributed by atoms with van der Waals surface area (Å²) in [7, 11) is 0. The molecule has 0 aliphatic carbocycles. The summed E-state index contributed by atoms with van der Waals surface area (Å²) in [5.41, 5.74) is 0.996. The highest BCUT2D eigenvalue weighted by Gasteiger charge is 2.28. The summed E-state index contributed by atoms with van der Waals surface area (Å²) in [5.74, 6) is 2.79. The van der Waals surface area contributed by atoms with Gasteiger partial charge in [0, 0.05) is 48.4 Å². The SMILES string of the molecule is Cc1nccn1CC1CN(c2ccc3cc(Cl)ccc3n2)C1. The number of anilines is 1. The van der Waals surface area contributed by atoms with Crippen molar-refractivity contribution in [2.24, 2.45) is 5.92 Å². The number of aromatic nitrogens is 3. The van der Waals surface area contributed by atoms with Crippen LogP contribution < -0.4 is 4.90 Å². The first-order valence-corrected chi connectivity index (χ1v) is 7.86. The number of rotatable bonds is 3. The monoisotopic (exact) mass is 312 g/mol. The van der Waals surface area contributed by atoms with Gasteiger partial charge in [0.2, 0.25) is 0 Å². The topological polar surface area (TPSA) is 34.0 Å². The lowest BCUT2D eigenvalue weighted by Gasteiger charge is -2.40. The molecule has 112 valence electrons. The highest BCUT2D eigenvalue weighted by Crippen LogP contribution is 2.27. The Balaban J connectivity index is 1.46. The second-order valence-electron chi connectivity index (χ2n) is 5.90. The lowest BCUT2D eigenvalue weighted by atomic mass is 10.00. The molecule has 1 saturated heterocycles. The van der Waals surface area contributed by atoms with E-state index in [9.17, 15) is 0 Å². The van der Waals surface area contributed by atoms with Crippen molar-refractivity contribution >= 4 is 28.3 Å². The quantitative estimate of drug-likeness (QED) is 0.742. The minimum atomic E-state index is 0.663. The van der Waals surface area contributed by atoms with E-state index in [1.165, 1.54) is 0 Å². The summed E-state index contributed by atoms with van der Waals surface area (Å²) in [6.07, 6.45) is 3.91. The molecule has 0 saturated carbocycles. The van der Waals surface area contributed by atoms with Gasteiger partial charge in [-0.15, -0.1) is 0 Å². The van der Waals surface area contributed by atoms with Gasteiger partial charge >= 0.3 is 0 Å². The molecular weight excluding hydrogens is 296 g/mol. The molecule has 5 heteroatoms. The van der Waals surface area contributed by atoms with Gasteiger partial charge in [-0.25, -0.2) is 9.97 Å². The predicted molar refractivity (Wildman–Crippen MR) is 89.4 cm³/mol. The van der Waals surface area contributed by atoms with E-state index in [-0.39, 0.29) is 0 Å². The second-order valence-corrected chi connectivity index (χ2v) is 6.34. The van der Waals surface area contributed by atoms with Gasteiger partial charge in [0.25, 0.3) is 0 Å². The fourth-order valence-electron chi connectivity index (χ4n) is 3.01. The third kappa shape index (κ3) is 2.44. The van der Waals surface area contributed by atoms with Gasteiger partial charge in [0.1, 0.15) is 11.6 Å². The summed E-state index contributed by atoms with van der Waals surface area (Å²) in [6, 6.07) is 10.00. The number of hydrogen-bond acceptors (Lipinski definition) is 3. The van der Waals surface area contributed by atoms with E-state index in [0.29, 0.717) is 5.92 Å². The van der Waals surface area contributed by atoms with Gasteiger partial charge in [-0.1, -0.05) is 11.6 Å². The molecule has 1 fully saturated rings. The van der Waals surface area contributed by atoms with Crippen LogP contribution in [0.4, 0.5) is 5.82 Å². The number of pyridine rings is 1. The number of aryl methyl sites for hydroxylation is 1. The van der Waals surface area contributed by atoms with Gasteiger partial charge in [-0.05, 0) is 37.3 Å². The zero-order valence-electron chi connectivity index (χ0n) is 12.4. The molecule has 0 amide bonds. The van der Waals surface area contributed by atoms with Crippen molar-refractivity contribution in [1.82, 2.24) is 14.5 Å². The Hall–Kier alpha value is -2.07. The maximum absolute atomic E-state index is 6.01. The van der Waals surface area contributed by atoms with Gasteiger partial charge in [-0.3, -0.25) is 0 Å². The summed E-state index contributed by atoms with van der Waals surface area (Å²) in [5, 5.41) is 1.84. The van der Waals surface area contributed by atoms with Crippen LogP contribution >= 0.6 is 11.6 Å². The number of hydrogen-bond donors (Lipinski definition) is 0. The van der Waals surface area contributed by atoms with E-state index in [1.807, 2.05) is 31.3 Å². The van der Waals surface area contributed by atoms with Crippen molar-refractivity contribution in [3.05, 3.63) is 53.6 Å². The van der Waals surface area contributed by atoms with Gasteiger partial charge in [0.15, 0.2) is 0 Å². The van der Waals surface area contributed by atoms with Crippen molar-refractivity contribution in [3.63, 3.8) is 0 Å². The first-order chi connectivity index (χ1) is 10.7. The third-order valence-corrected chi connectivity index (χ3v) is 4.53. The molecule has 0 radical (unpaired) electrons. The zero-order valence-corrected chi connectivity index (χ0v) is 13.2. The molecule has 3 heterocycles. The molecule has 1 aliphatic heterocycles. The number of halogens is 1. The molecule has 3 aromatic rings. The second kappa shape index (κ2) is 5.29. The van der Waals surface area contributed by atoms with Crippen molar-refractivity contribution in [3.8, 4) is 0 Å². The van der Waals surface area contributed by atoms with E-state index in [1.54, 1.807) is 0 Å². The molecule has 1 aliphatic rings. The number of imidazole rings is 1. The van der Waals surface area contributed by atoms with E-state index < -0.39 is 0 Å². The van der Waals surface area contributed by atoms with Crippen LogP contribution in [0.1, 0.15) is 5.82 Å². The number of nitrogens with zero attached hydrogens (tertiary/aromatic N) is 4. The van der Waals surface area contributed by atoms with Crippen LogP contribution in [0.2, 0.25) is 5.02 Å². The Kier molecular flexibility index (Phi) is 3.26. The lowest BCUT2D eigenvalue weighted by Crippen LogP contribution is -2.49. The van der Waals surface area contributed by atoms with Crippen LogP contribution in [-0.4, -0.2) is 27.6 Å². The fourth-order valence-corrected chi connectivity index (χ4v) is 3.19. The molecule has 0 unspecified atom stereocenters. The average Bonchev–Trinajstić information content (AvgIpc) is 2.87. The van der Waals surface area contributed by atoms with E-state index in [0.717, 1.165) is 47.2 Å². The van der Waals surface area contributed by atoms with Crippen LogP contribution in [0.25, 0.3) is 10.9 Å². The summed E-state index contributed by atoms with van der Waals surface area (Å²) in [4.78, 5) is 11.3. The first kappa shape index (κ1) is 13.6. The minimum Gasteiger partial charge on any atom is -0.356 e. The highest BCUT2D eigenvalue weighted by atomic mass is 35.5. The summed E-state index contributed by atoms with van der Waals surface area (Å²) < 4.78 is 2.22. The van der Waals surface area contributed by atoms with E-state index >= 15 is 0 Å². The van der Waals surface area contributed by atoms with Crippen molar-refractivity contribution in [2.75, 3.05) is 18.0 Å². The van der Waals surface area contributed by atoms with Crippen LogP contribution in [0.5, 0.6) is 0 Å². The number of fused-ring (bicyclic) bond motifs is 1. The van der Waals surface area contributed by atoms with Crippen molar-refractivity contribution < 1.29 is 0 Å². The Morgan fingerprint density at radius 1 is 1.23 bits per heavy atom. The van der Waals surface area contributed by atoms with Crippen LogP contribution in [0, 0.1) is 12.8 Å². The number of benzene rings is 1. The van der Waals surface area contributed by atoms with E-state index in [2.05, 4.69) is 32.8 Å². The molecule has 0 bridgehead atoms. The van der Waals surface area contributed by atoms with Gasteiger partial charge in [-0.2, -0.15) is 0 Å². The molecule has 0 spiro atoms. The molecule has 2 aromatic heterocycles. The standard InChI is InChI=1S/C17H17ClN4/c1-12-19-6-7-21(12)9-13-10-22(11-13)17-5-2-14-8-15(18)3-4-16(14)20-17/h2-8,13H,9-11H2,1H3. The Labute approximate surface area is 134 Å². The van der Waals surface area contributed by atoms with Gasteiger partial charge < -0.3 is 9.47 Å². The summed E-state index contributed by atoms with van der Waals surface area (Å²) in [6.45, 7) is 5.17. The maximum atomic E-state index is 6.01. The molecule has 1 aromatic carbocycles. The lowest BCUT2D eigenvalue weighted by molar-refractivity contribution is 0.352. The molecule has 0 atom stereocenters. The first-order valence-electron chi connectivity index (χ1n) is 7.48. The molecule has 4 nitrogen and oxygen atoms in total. The normalized spacial score (nSPS) is 15.3. The zero-order chi connectivity index (χ0) is 15.1.